The average molecular weight is 288 g/mol. The number of pyridine rings is 1. The number of nitrogens with zero attached hydrogens (tertiary/aromatic N) is 2. The number of morpholine rings is 1. The van der Waals surface area contributed by atoms with Crippen LogP contribution in [0.5, 0.6) is 0 Å². The topological polar surface area (TPSA) is 82.9 Å². The van der Waals surface area contributed by atoms with E-state index in [1.165, 1.54) is 0 Å². The summed E-state index contributed by atoms with van der Waals surface area (Å²) in [4.78, 5) is 17.5. The summed E-state index contributed by atoms with van der Waals surface area (Å²) < 4.78 is 5.43. The largest absolute Gasteiger partial charge is 0.477 e. The van der Waals surface area contributed by atoms with Crippen molar-refractivity contribution in [1.82, 2.24) is 4.98 Å². The van der Waals surface area contributed by atoms with Crippen LogP contribution in [-0.4, -0.2) is 53.6 Å². The van der Waals surface area contributed by atoms with E-state index >= 15 is 0 Å². The quantitative estimate of drug-likeness (QED) is 0.881. The Kier molecular flexibility index (Phi) is 3.72. The summed E-state index contributed by atoms with van der Waals surface area (Å²) in [6.45, 7) is 1.54. The second-order valence-corrected chi connectivity index (χ2v) is 4.98. The van der Waals surface area contributed by atoms with E-state index in [2.05, 4.69) is 4.98 Å². The van der Waals surface area contributed by atoms with Gasteiger partial charge in [-0.3, -0.25) is 0 Å². The Morgan fingerprint density at radius 2 is 2.24 bits per heavy atom. The lowest BCUT2D eigenvalue weighted by Crippen LogP contribution is -2.44. The number of fused-ring (bicyclic) bond motifs is 1. The van der Waals surface area contributed by atoms with Gasteiger partial charge in [0, 0.05) is 18.5 Å². The summed E-state index contributed by atoms with van der Waals surface area (Å²) >= 11 is 0. The van der Waals surface area contributed by atoms with Crippen molar-refractivity contribution in [3.63, 3.8) is 0 Å². The summed E-state index contributed by atoms with van der Waals surface area (Å²) in [7, 11) is 0. The smallest absolute Gasteiger partial charge is 0.354 e. The summed E-state index contributed by atoms with van der Waals surface area (Å²) in [6, 6.07) is 9.14. The van der Waals surface area contributed by atoms with E-state index in [-0.39, 0.29) is 18.4 Å². The third kappa shape index (κ3) is 2.68. The number of aromatic carboxylic acids is 1. The maximum absolute atomic E-state index is 11.3. The van der Waals surface area contributed by atoms with Crippen LogP contribution in [0.2, 0.25) is 0 Å². The van der Waals surface area contributed by atoms with Gasteiger partial charge in [-0.05, 0) is 11.5 Å². The zero-order valence-electron chi connectivity index (χ0n) is 11.4. The molecule has 1 atom stereocenters. The molecule has 0 radical (unpaired) electrons. The van der Waals surface area contributed by atoms with Crippen molar-refractivity contribution in [3.05, 3.63) is 36.0 Å². The van der Waals surface area contributed by atoms with Gasteiger partial charge in [-0.25, -0.2) is 9.78 Å². The molecule has 6 nitrogen and oxygen atoms in total. The highest BCUT2D eigenvalue weighted by Gasteiger charge is 2.23. The summed E-state index contributed by atoms with van der Waals surface area (Å²) in [5.41, 5.74) is 0.0238. The highest BCUT2D eigenvalue weighted by Crippen LogP contribution is 2.27. The summed E-state index contributed by atoms with van der Waals surface area (Å²) in [6.07, 6.45) is -0.271. The molecule has 1 fully saturated rings. The van der Waals surface area contributed by atoms with Gasteiger partial charge >= 0.3 is 5.97 Å². The number of carboxylic acids is 1. The molecule has 0 saturated carbocycles. The first-order chi connectivity index (χ1) is 10.2. The van der Waals surface area contributed by atoms with Crippen LogP contribution in [0.4, 0.5) is 5.82 Å². The first-order valence-corrected chi connectivity index (χ1v) is 6.79. The van der Waals surface area contributed by atoms with Crippen LogP contribution in [0.15, 0.2) is 30.3 Å². The number of aromatic nitrogens is 1. The lowest BCUT2D eigenvalue weighted by Gasteiger charge is -2.33. The number of hydrogen-bond acceptors (Lipinski definition) is 5. The Balaban J connectivity index is 2.09. The molecule has 0 bridgehead atoms. The van der Waals surface area contributed by atoms with Crippen molar-refractivity contribution in [1.29, 1.82) is 0 Å². The fourth-order valence-corrected chi connectivity index (χ4v) is 2.55. The zero-order chi connectivity index (χ0) is 14.8. The molecule has 0 spiro atoms. The molecule has 0 aliphatic carbocycles. The molecule has 2 N–H and O–H groups in total. The van der Waals surface area contributed by atoms with Gasteiger partial charge in [0.25, 0.3) is 0 Å². The Bertz CT molecular complexity index is 674. The predicted molar refractivity (Wildman–Crippen MR) is 77.7 cm³/mol. The second-order valence-electron chi connectivity index (χ2n) is 4.98. The van der Waals surface area contributed by atoms with Crippen LogP contribution in [0.25, 0.3) is 10.8 Å². The van der Waals surface area contributed by atoms with E-state index in [0.717, 1.165) is 10.8 Å². The summed E-state index contributed by atoms with van der Waals surface area (Å²) in [5, 5.41) is 20.2. The maximum atomic E-state index is 11.3. The Hall–Kier alpha value is -2.18. The van der Waals surface area contributed by atoms with Crippen LogP contribution in [0, 0.1) is 0 Å². The fourth-order valence-electron chi connectivity index (χ4n) is 2.55. The fraction of sp³-hybridized carbons (Fsp3) is 0.333. The van der Waals surface area contributed by atoms with Gasteiger partial charge in [-0.2, -0.15) is 0 Å². The van der Waals surface area contributed by atoms with Gasteiger partial charge in [0.05, 0.1) is 19.3 Å². The molecule has 3 rings (SSSR count). The van der Waals surface area contributed by atoms with Crippen LogP contribution in [0.3, 0.4) is 0 Å². The van der Waals surface area contributed by atoms with Crippen molar-refractivity contribution in [2.45, 2.75) is 6.10 Å². The van der Waals surface area contributed by atoms with E-state index in [9.17, 15) is 15.0 Å². The zero-order valence-corrected chi connectivity index (χ0v) is 11.4. The number of hydrogen-bond donors (Lipinski definition) is 2. The van der Waals surface area contributed by atoms with Gasteiger partial charge in [-0.15, -0.1) is 0 Å². The minimum absolute atomic E-state index is 0.0238. The standard InChI is InChI=1S/C15H16N2O4/c18-9-11-8-17(5-6-21-11)14-12-4-2-1-3-10(12)7-13(16-14)15(19)20/h1-4,7,11,18H,5-6,8-9H2,(H,19,20). The molecule has 1 aliphatic heterocycles. The Morgan fingerprint density at radius 1 is 1.43 bits per heavy atom. The molecule has 2 aromatic rings. The first kappa shape index (κ1) is 13.8. The highest BCUT2D eigenvalue weighted by molar-refractivity contribution is 5.98. The lowest BCUT2D eigenvalue weighted by molar-refractivity contribution is 0.00343. The van der Waals surface area contributed by atoms with Crippen LogP contribution in [-0.2, 0) is 4.74 Å². The number of carboxylic acid groups (broad SMARTS) is 1. The molecular weight excluding hydrogens is 272 g/mol. The molecule has 1 unspecified atom stereocenters. The van der Waals surface area contributed by atoms with Crippen molar-refractivity contribution >= 4 is 22.6 Å². The number of rotatable bonds is 3. The van der Waals surface area contributed by atoms with Gasteiger partial charge in [0.15, 0.2) is 5.69 Å². The Morgan fingerprint density at radius 3 is 3.00 bits per heavy atom. The van der Waals surface area contributed by atoms with E-state index in [0.29, 0.717) is 25.5 Å². The molecule has 21 heavy (non-hydrogen) atoms. The minimum atomic E-state index is -1.05. The van der Waals surface area contributed by atoms with Crippen LogP contribution >= 0.6 is 0 Å². The molecule has 110 valence electrons. The second kappa shape index (κ2) is 5.67. The Labute approximate surface area is 121 Å². The number of ether oxygens (including phenoxy) is 1. The van der Waals surface area contributed by atoms with Crippen LogP contribution < -0.4 is 4.90 Å². The lowest BCUT2D eigenvalue weighted by atomic mass is 10.1. The van der Waals surface area contributed by atoms with Crippen molar-refractivity contribution < 1.29 is 19.7 Å². The van der Waals surface area contributed by atoms with E-state index in [1.807, 2.05) is 29.2 Å². The van der Waals surface area contributed by atoms with E-state index in [4.69, 9.17) is 4.74 Å². The molecular formula is C15H16N2O4. The van der Waals surface area contributed by atoms with Crippen molar-refractivity contribution in [3.8, 4) is 0 Å². The average Bonchev–Trinajstić information content (AvgIpc) is 2.53. The van der Waals surface area contributed by atoms with Gasteiger partial charge in [0.1, 0.15) is 5.82 Å². The molecule has 6 heteroatoms. The van der Waals surface area contributed by atoms with Crippen molar-refractivity contribution in [2.24, 2.45) is 0 Å². The normalized spacial score (nSPS) is 18.9. The number of benzene rings is 1. The molecule has 1 aromatic carbocycles. The molecule has 1 aliphatic rings. The maximum Gasteiger partial charge on any atom is 0.354 e. The van der Waals surface area contributed by atoms with Gasteiger partial charge in [-0.1, -0.05) is 24.3 Å². The van der Waals surface area contributed by atoms with E-state index < -0.39 is 5.97 Å². The van der Waals surface area contributed by atoms with E-state index in [1.54, 1.807) is 6.07 Å². The van der Waals surface area contributed by atoms with Gasteiger partial charge < -0.3 is 19.8 Å². The molecule has 2 heterocycles. The van der Waals surface area contributed by atoms with Crippen molar-refractivity contribution in [2.75, 3.05) is 31.2 Å². The van der Waals surface area contributed by atoms with Crippen LogP contribution in [0.1, 0.15) is 10.5 Å². The summed E-state index contributed by atoms with van der Waals surface area (Å²) in [5.74, 6) is -0.416. The molecule has 0 amide bonds. The highest BCUT2D eigenvalue weighted by atomic mass is 16.5. The van der Waals surface area contributed by atoms with Gasteiger partial charge in [0.2, 0.25) is 0 Å². The third-order valence-corrected chi connectivity index (χ3v) is 3.58. The first-order valence-electron chi connectivity index (χ1n) is 6.79. The number of anilines is 1. The SMILES string of the molecule is O=C(O)c1cc2ccccc2c(N2CCOC(CO)C2)n1. The molecule has 1 saturated heterocycles. The molecule has 1 aromatic heterocycles. The third-order valence-electron chi connectivity index (χ3n) is 3.58. The number of carbonyl (C=O) groups is 1. The number of aliphatic hydroxyl groups excluding tert-OH is 1. The minimum Gasteiger partial charge on any atom is -0.477 e. The number of aliphatic hydroxyl groups is 1. The monoisotopic (exact) mass is 288 g/mol. The predicted octanol–water partition coefficient (Wildman–Crippen LogP) is 1.13.